The molecule has 0 atom stereocenters. The largest absolute Gasteiger partial charge is 0.192 e. The topological polar surface area (TPSA) is 23.8 Å². The summed E-state index contributed by atoms with van der Waals surface area (Å²) < 4.78 is 0. The number of benzene rings is 7. The van der Waals surface area contributed by atoms with Crippen molar-refractivity contribution in [1.29, 1.82) is 5.26 Å². The molecule has 0 heterocycles. The third-order valence-corrected chi connectivity index (χ3v) is 7.27. The number of nitriles is 1. The molecule has 0 bridgehead atoms. The highest BCUT2D eigenvalue weighted by molar-refractivity contribution is 6.25. The maximum absolute atomic E-state index is 9.07. The lowest BCUT2D eigenvalue weighted by Crippen LogP contribution is -1.85. The fourth-order valence-corrected chi connectivity index (χ4v) is 5.43. The van der Waals surface area contributed by atoms with Crippen LogP contribution in [0, 0.1) is 11.3 Å². The standard InChI is InChI=1S/C35H21N/c36-22-23-9-11-24(12-10-23)25-13-14-27-20-28(16-15-26(27)19-25)29-17-18-34-32-7-2-1-5-30(32)31-6-3-4-8-33(31)35(34)21-29/h1-21H. The van der Waals surface area contributed by atoms with Crippen LogP contribution in [0.4, 0.5) is 0 Å². The van der Waals surface area contributed by atoms with Gasteiger partial charge < -0.3 is 0 Å². The first kappa shape index (κ1) is 20.4. The molecule has 0 saturated carbocycles. The second-order valence-corrected chi connectivity index (χ2v) is 9.32. The van der Waals surface area contributed by atoms with Gasteiger partial charge in [0, 0.05) is 0 Å². The molecular formula is C35H21N. The Morgan fingerprint density at radius 2 is 0.778 bits per heavy atom. The monoisotopic (exact) mass is 455 g/mol. The first-order valence-electron chi connectivity index (χ1n) is 12.2. The van der Waals surface area contributed by atoms with E-state index >= 15 is 0 Å². The maximum Gasteiger partial charge on any atom is 0.0991 e. The van der Waals surface area contributed by atoms with Crippen LogP contribution in [0.2, 0.25) is 0 Å². The summed E-state index contributed by atoms with van der Waals surface area (Å²) in [5.74, 6) is 0. The van der Waals surface area contributed by atoms with Gasteiger partial charge in [-0.25, -0.2) is 0 Å². The molecule has 0 unspecified atom stereocenters. The second kappa shape index (κ2) is 8.08. The van der Waals surface area contributed by atoms with E-state index in [-0.39, 0.29) is 0 Å². The molecule has 0 radical (unpaired) electrons. The van der Waals surface area contributed by atoms with Crippen molar-refractivity contribution in [2.75, 3.05) is 0 Å². The van der Waals surface area contributed by atoms with Gasteiger partial charge >= 0.3 is 0 Å². The summed E-state index contributed by atoms with van der Waals surface area (Å²) in [7, 11) is 0. The summed E-state index contributed by atoms with van der Waals surface area (Å²) in [6.07, 6.45) is 0. The fourth-order valence-electron chi connectivity index (χ4n) is 5.43. The summed E-state index contributed by atoms with van der Waals surface area (Å²) in [4.78, 5) is 0. The zero-order valence-electron chi connectivity index (χ0n) is 19.6. The van der Waals surface area contributed by atoms with E-state index in [1.807, 2.05) is 24.3 Å². The van der Waals surface area contributed by atoms with Gasteiger partial charge in [0.05, 0.1) is 11.6 Å². The SMILES string of the molecule is N#Cc1ccc(-c2ccc3cc(-c4ccc5c6ccccc6c6ccccc6c5c4)ccc3c2)cc1. The van der Waals surface area contributed by atoms with Crippen LogP contribution in [-0.4, -0.2) is 0 Å². The van der Waals surface area contributed by atoms with Gasteiger partial charge in [-0.1, -0.05) is 97.1 Å². The molecular weight excluding hydrogens is 434 g/mol. The van der Waals surface area contributed by atoms with Crippen LogP contribution in [0.25, 0.3) is 65.3 Å². The van der Waals surface area contributed by atoms with Crippen LogP contribution in [0.1, 0.15) is 5.56 Å². The van der Waals surface area contributed by atoms with Crippen LogP contribution >= 0.6 is 0 Å². The summed E-state index contributed by atoms with van der Waals surface area (Å²) >= 11 is 0. The molecule has 0 aliphatic heterocycles. The van der Waals surface area contributed by atoms with Crippen LogP contribution in [0.15, 0.2) is 127 Å². The van der Waals surface area contributed by atoms with Crippen molar-refractivity contribution in [3.63, 3.8) is 0 Å². The van der Waals surface area contributed by atoms with Crippen molar-refractivity contribution in [1.82, 2.24) is 0 Å². The first-order valence-corrected chi connectivity index (χ1v) is 12.2. The lowest BCUT2D eigenvalue weighted by Gasteiger charge is -2.12. The highest BCUT2D eigenvalue weighted by Crippen LogP contribution is 2.37. The number of hydrogen-bond acceptors (Lipinski definition) is 1. The fraction of sp³-hybridized carbons (Fsp3) is 0. The van der Waals surface area contributed by atoms with E-state index in [4.69, 9.17) is 5.26 Å². The lowest BCUT2D eigenvalue weighted by atomic mass is 9.91. The Morgan fingerprint density at radius 1 is 0.361 bits per heavy atom. The van der Waals surface area contributed by atoms with E-state index in [0.717, 1.165) is 11.1 Å². The van der Waals surface area contributed by atoms with Gasteiger partial charge in [0.25, 0.3) is 0 Å². The maximum atomic E-state index is 9.07. The Bertz CT molecular complexity index is 1950. The van der Waals surface area contributed by atoms with E-state index in [9.17, 15) is 0 Å². The molecule has 0 fully saturated rings. The molecule has 0 aliphatic rings. The molecule has 166 valence electrons. The number of hydrogen-bond donors (Lipinski definition) is 0. The number of nitrogens with zero attached hydrogens (tertiary/aromatic N) is 1. The van der Waals surface area contributed by atoms with Crippen molar-refractivity contribution in [3.05, 3.63) is 133 Å². The first-order chi connectivity index (χ1) is 17.8. The van der Waals surface area contributed by atoms with Gasteiger partial charge in [0.1, 0.15) is 0 Å². The van der Waals surface area contributed by atoms with Gasteiger partial charge in [-0.15, -0.1) is 0 Å². The second-order valence-electron chi connectivity index (χ2n) is 9.32. The molecule has 36 heavy (non-hydrogen) atoms. The highest BCUT2D eigenvalue weighted by Gasteiger charge is 2.10. The van der Waals surface area contributed by atoms with Crippen molar-refractivity contribution in [3.8, 4) is 28.3 Å². The van der Waals surface area contributed by atoms with Gasteiger partial charge in [-0.2, -0.15) is 5.26 Å². The van der Waals surface area contributed by atoms with Crippen molar-refractivity contribution in [2.24, 2.45) is 0 Å². The van der Waals surface area contributed by atoms with Crippen molar-refractivity contribution >= 4 is 43.1 Å². The number of rotatable bonds is 2. The Balaban J connectivity index is 1.36. The zero-order valence-corrected chi connectivity index (χ0v) is 19.6. The smallest absolute Gasteiger partial charge is 0.0991 e. The van der Waals surface area contributed by atoms with Crippen LogP contribution < -0.4 is 0 Å². The van der Waals surface area contributed by atoms with Gasteiger partial charge in [-0.05, 0) is 95.7 Å². The summed E-state index contributed by atoms with van der Waals surface area (Å²) in [6, 6.07) is 47.5. The average Bonchev–Trinajstić information content (AvgIpc) is 2.96. The molecule has 0 amide bonds. The molecule has 7 rings (SSSR count). The minimum Gasteiger partial charge on any atom is -0.192 e. The average molecular weight is 456 g/mol. The molecule has 1 nitrogen and oxygen atoms in total. The Kier molecular flexibility index (Phi) is 4.59. The number of fused-ring (bicyclic) bond motifs is 7. The normalized spacial score (nSPS) is 11.3. The molecule has 0 spiro atoms. The zero-order chi connectivity index (χ0) is 24.1. The molecule has 1 heteroatoms. The van der Waals surface area contributed by atoms with Crippen LogP contribution in [0.5, 0.6) is 0 Å². The predicted molar refractivity (Wildman–Crippen MR) is 152 cm³/mol. The van der Waals surface area contributed by atoms with E-state index in [1.54, 1.807) is 0 Å². The highest BCUT2D eigenvalue weighted by atomic mass is 14.2. The van der Waals surface area contributed by atoms with E-state index in [2.05, 4.69) is 109 Å². The minimum atomic E-state index is 0.681. The third kappa shape index (κ3) is 3.24. The molecule has 7 aromatic rings. The predicted octanol–water partition coefficient (Wildman–Crippen LogP) is 9.51. The van der Waals surface area contributed by atoms with E-state index in [0.29, 0.717) is 5.56 Å². The van der Waals surface area contributed by atoms with Crippen molar-refractivity contribution in [2.45, 2.75) is 0 Å². The summed E-state index contributed by atoms with van der Waals surface area (Å²) in [5.41, 5.74) is 5.39. The van der Waals surface area contributed by atoms with Gasteiger partial charge in [0.2, 0.25) is 0 Å². The Morgan fingerprint density at radius 3 is 1.33 bits per heavy atom. The minimum absolute atomic E-state index is 0.681. The summed E-state index contributed by atoms with van der Waals surface area (Å²) in [5, 5.41) is 19.3. The molecule has 0 aromatic heterocycles. The molecule has 7 aromatic carbocycles. The summed E-state index contributed by atoms with van der Waals surface area (Å²) in [6.45, 7) is 0. The Labute approximate surface area is 209 Å². The van der Waals surface area contributed by atoms with Crippen LogP contribution in [-0.2, 0) is 0 Å². The quantitative estimate of drug-likeness (QED) is 0.238. The van der Waals surface area contributed by atoms with Gasteiger partial charge in [-0.3, -0.25) is 0 Å². The molecule has 0 N–H and O–H groups in total. The van der Waals surface area contributed by atoms with Crippen LogP contribution in [0.3, 0.4) is 0 Å². The Hall–Kier alpha value is -4.93. The van der Waals surface area contributed by atoms with E-state index in [1.165, 1.54) is 54.2 Å². The lowest BCUT2D eigenvalue weighted by molar-refractivity contribution is 1.48. The van der Waals surface area contributed by atoms with Gasteiger partial charge in [0.15, 0.2) is 0 Å². The molecule has 0 saturated heterocycles. The van der Waals surface area contributed by atoms with Crippen molar-refractivity contribution < 1.29 is 0 Å². The molecule has 0 aliphatic carbocycles. The third-order valence-electron chi connectivity index (χ3n) is 7.27. The van der Waals surface area contributed by atoms with E-state index < -0.39 is 0 Å².